The number of anilines is 1. The van der Waals surface area contributed by atoms with Crippen molar-refractivity contribution in [3.8, 4) is 5.75 Å². The number of thioether (sulfide) groups is 1. The largest absolute Gasteiger partial charge is 0.483 e. The molecule has 0 bridgehead atoms. The van der Waals surface area contributed by atoms with Crippen LogP contribution in [0.5, 0.6) is 5.75 Å². The van der Waals surface area contributed by atoms with Crippen LogP contribution in [0.4, 0.5) is 5.13 Å². The van der Waals surface area contributed by atoms with Crippen molar-refractivity contribution in [2.45, 2.75) is 83.5 Å². The van der Waals surface area contributed by atoms with Gasteiger partial charge in [0.1, 0.15) is 10.8 Å². The summed E-state index contributed by atoms with van der Waals surface area (Å²) >= 11 is 9.11. The van der Waals surface area contributed by atoms with Gasteiger partial charge in [-0.05, 0) is 63.8 Å². The lowest BCUT2D eigenvalue weighted by Crippen LogP contribution is -2.15. The van der Waals surface area contributed by atoms with E-state index in [1.807, 2.05) is 44.4 Å². The molecule has 35 heavy (non-hydrogen) atoms. The molecule has 1 aromatic carbocycles. The number of carbonyl (C=O) groups is 1. The molecule has 2 aromatic heterocycles. The van der Waals surface area contributed by atoms with E-state index in [0.717, 1.165) is 39.7 Å². The molecule has 3 aromatic rings. The van der Waals surface area contributed by atoms with Gasteiger partial charge in [0.15, 0.2) is 17.1 Å². The van der Waals surface area contributed by atoms with E-state index in [-0.39, 0.29) is 17.8 Å². The Labute approximate surface area is 219 Å². The van der Waals surface area contributed by atoms with Crippen molar-refractivity contribution in [1.29, 1.82) is 0 Å². The van der Waals surface area contributed by atoms with Crippen molar-refractivity contribution >= 4 is 45.7 Å². The van der Waals surface area contributed by atoms with Crippen LogP contribution in [0.2, 0.25) is 5.02 Å². The van der Waals surface area contributed by atoms with E-state index in [4.69, 9.17) is 16.3 Å². The van der Waals surface area contributed by atoms with Gasteiger partial charge in [0.05, 0.1) is 5.75 Å². The predicted octanol–water partition coefficient (Wildman–Crippen LogP) is 6.34. The third kappa shape index (κ3) is 6.34. The minimum absolute atomic E-state index is 0.134. The second kappa shape index (κ2) is 11.7. The molecule has 1 unspecified atom stereocenters. The number of hydrogen-bond donors (Lipinski definition) is 1. The Morgan fingerprint density at radius 1 is 1.20 bits per heavy atom. The Morgan fingerprint density at radius 2 is 1.91 bits per heavy atom. The number of rotatable bonds is 9. The van der Waals surface area contributed by atoms with Crippen LogP contribution >= 0.6 is 34.7 Å². The average Bonchev–Trinajstić information content (AvgIpc) is 3.48. The maximum absolute atomic E-state index is 12.6. The van der Waals surface area contributed by atoms with E-state index in [0.29, 0.717) is 28.6 Å². The number of nitrogens with zero attached hydrogens (tertiary/aromatic N) is 5. The molecule has 1 aliphatic rings. The molecule has 1 aliphatic carbocycles. The Hall–Kier alpha value is -2.17. The molecule has 0 aliphatic heterocycles. The van der Waals surface area contributed by atoms with Gasteiger partial charge in [-0.15, -0.1) is 20.4 Å². The molecule has 0 saturated heterocycles. The number of nitrogens with one attached hydrogen (secondary N) is 1. The zero-order valence-corrected chi connectivity index (χ0v) is 22.9. The molecule has 1 N–H and O–H groups in total. The molecule has 1 amide bonds. The number of aromatic nitrogens is 5. The molecule has 1 fully saturated rings. The Bertz CT molecular complexity index is 1150. The van der Waals surface area contributed by atoms with Gasteiger partial charge in [-0.1, -0.05) is 54.0 Å². The first-order valence-corrected chi connectivity index (χ1v) is 14.2. The van der Waals surface area contributed by atoms with E-state index < -0.39 is 0 Å². The molecular weight excluding hydrogens is 504 g/mol. The number of hydrogen-bond acceptors (Lipinski definition) is 8. The summed E-state index contributed by atoms with van der Waals surface area (Å²) in [7, 11) is 0. The minimum atomic E-state index is -0.315. The van der Waals surface area contributed by atoms with Gasteiger partial charge in [0, 0.05) is 17.5 Å². The molecule has 4 rings (SSSR count). The highest BCUT2D eigenvalue weighted by Gasteiger charge is 2.22. The van der Waals surface area contributed by atoms with Crippen LogP contribution in [-0.4, -0.2) is 36.6 Å². The van der Waals surface area contributed by atoms with Crippen LogP contribution in [0.25, 0.3) is 0 Å². The third-order valence-corrected chi connectivity index (χ3v) is 8.69. The average molecular weight is 535 g/mol. The van der Waals surface area contributed by atoms with Crippen molar-refractivity contribution in [3.63, 3.8) is 0 Å². The van der Waals surface area contributed by atoms with Crippen molar-refractivity contribution in [3.05, 3.63) is 39.1 Å². The quantitative estimate of drug-likeness (QED) is 0.320. The van der Waals surface area contributed by atoms with Crippen LogP contribution in [0.3, 0.4) is 0 Å². The van der Waals surface area contributed by atoms with Crippen molar-refractivity contribution in [2.24, 2.45) is 0 Å². The molecule has 1 saturated carbocycles. The van der Waals surface area contributed by atoms with E-state index in [2.05, 4.69) is 25.7 Å². The molecule has 0 radical (unpaired) electrons. The Morgan fingerprint density at radius 3 is 2.60 bits per heavy atom. The van der Waals surface area contributed by atoms with Gasteiger partial charge in [-0.25, -0.2) is 0 Å². The van der Waals surface area contributed by atoms with Crippen LogP contribution < -0.4 is 10.1 Å². The Kier molecular flexibility index (Phi) is 8.67. The van der Waals surface area contributed by atoms with Gasteiger partial charge < -0.3 is 9.30 Å². The highest BCUT2D eigenvalue weighted by Crippen LogP contribution is 2.35. The fraction of sp³-hybridized carbons (Fsp3) is 0.542. The van der Waals surface area contributed by atoms with Gasteiger partial charge in [0.25, 0.3) is 0 Å². The van der Waals surface area contributed by atoms with E-state index in [1.165, 1.54) is 42.4 Å². The zero-order chi connectivity index (χ0) is 24.9. The summed E-state index contributed by atoms with van der Waals surface area (Å²) in [6, 6.07) is 3.84. The maximum atomic E-state index is 12.6. The second-order valence-electron chi connectivity index (χ2n) is 8.83. The summed E-state index contributed by atoms with van der Waals surface area (Å²) in [5.41, 5.74) is 1.93. The number of benzene rings is 1. The van der Waals surface area contributed by atoms with Crippen molar-refractivity contribution < 1.29 is 9.53 Å². The summed E-state index contributed by atoms with van der Waals surface area (Å²) < 4.78 is 8.12. The van der Waals surface area contributed by atoms with E-state index in [9.17, 15) is 4.79 Å². The summed E-state index contributed by atoms with van der Waals surface area (Å²) in [4.78, 5) is 12.6. The molecule has 1 atom stereocenters. The van der Waals surface area contributed by atoms with Crippen LogP contribution in [0, 0.1) is 13.8 Å². The first kappa shape index (κ1) is 25.9. The fourth-order valence-corrected chi connectivity index (χ4v) is 6.17. The maximum Gasteiger partial charge on any atom is 0.236 e. The molecule has 11 heteroatoms. The first-order chi connectivity index (χ1) is 16.9. The molecule has 2 heterocycles. The normalized spacial score (nSPS) is 15.2. The third-order valence-electron chi connectivity index (χ3n) is 6.12. The number of carbonyl (C=O) groups excluding carboxylic acids is 1. The highest BCUT2D eigenvalue weighted by molar-refractivity contribution is 7.99. The number of amides is 1. The van der Waals surface area contributed by atoms with Gasteiger partial charge in [-0.2, -0.15) is 0 Å². The van der Waals surface area contributed by atoms with Crippen LogP contribution in [0.15, 0.2) is 17.3 Å². The molecule has 8 nitrogen and oxygen atoms in total. The molecule has 188 valence electrons. The highest BCUT2D eigenvalue weighted by atomic mass is 35.5. The summed E-state index contributed by atoms with van der Waals surface area (Å²) in [5, 5.41) is 23.0. The Balaban J connectivity index is 1.35. The van der Waals surface area contributed by atoms with Gasteiger partial charge in [-0.3, -0.25) is 10.1 Å². The number of ether oxygens (including phenoxy) is 1. The summed E-state index contributed by atoms with van der Waals surface area (Å²) in [6.07, 6.45) is 5.78. The van der Waals surface area contributed by atoms with E-state index >= 15 is 0 Å². The van der Waals surface area contributed by atoms with E-state index in [1.54, 1.807) is 0 Å². The minimum Gasteiger partial charge on any atom is -0.483 e. The zero-order valence-electron chi connectivity index (χ0n) is 20.5. The van der Waals surface area contributed by atoms with Crippen LogP contribution in [-0.2, 0) is 11.3 Å². The summed E-state index contributed by atoms with van der Waals surface area (Å²) in [6.45, 7) is 8.55. The SMILES string of the molecule is CCn1c(SCC(=O)Nc2nnc(C3CCCCC3)s2)nnc1C(C)Oc1cc(C)c(Cl)c(C)c1. The van der Waals surface area contributed by atoms with Crippen LogP contribution in [0.1, 0.15) is 79.9 Å². The first-order valence-electron chi connectivity index (χ1n) is 12.0. The standard InChI is InChI=1S/C24H31ClN6O2S2/c1-5-31-21(16(4)33-18-11-14(2)20(25)15(3)12-18)27-30-24(31)34-13-19(32)26-23-29-28-22(35-23)17-9-7-6-8-10-17/h11-12,16-17H,5-10,13H2,1-4H3,(H,26,29,32). The topological polar surface area (TPSA) is 94.8 Å². The smallest absolute Gasteiger partial charge is 0.236 e. The number of halogens is 1. The lowest BCUT2D eigenvalue weighted by Gasteiger charge is -2.18. The van der Waals surface area contributed by atoms with Crippen molar-refractivity contribution in [1.82, 2.24) is 25.0 Å². The van der Waals surface area contributed by atoms with Gasteiger partial charge in [0.2, 0.25) is 11.0 Å². The molecule has 0 spiro atoms. The number of aryl methyl sites for hydroxylation is 2. The molecular formula is C24H31ClN6O2S2. The predicted molar refractivity (Wildman–Crippen MR) is 141 cm³/mol. The second-order valence-corrected chi connectivity index (χ2v) is 11.2. The van der Waals surface area contributed by atoms with Crippen molar-refractivity contribution in [2.75, 3.05) is 11.1 Å². The monoisotopic (exact) mass is 534 g/mol. The lowest BCUT2D eigenvalue weighted by atomic mass is 9.90. The lowest BCUT2D eigenvalue weighted by molar-refractivity contribution is -0.113. The fourth-order valence-electron chi connectivity index (χ4n) is 4.32. The summed E-state index contributed by atoms with van der Waals surface area (Å²) in [5.74, 6) is 2.00. The van der Waals surface area contributed by atoms with Gasteiger partial charge >= 0.3 is 0 Å².